The number of ether oxygens (including phenoxy) is 3. The SMILES string of the molecule is C=C([C@H](OC)c1ncc(Cl)cn1)S(=O)(=O)Nc1nnc(C2CCC(C(F)(F)F)CC2)n1-c1c(OC)ncnc1OC. The van der Waals surface area contributed by atoms with Crippen LogP contribution in [0, 0.1) is 5.92 Å². The number of methoxy groups -OCH3 is 3. The second-order valence-corrected chi connectivity index (χ2v) is 11.2. The van der Waals surface area contributed by atoms with E-state index in [9.17, 15) is 21.6 Å². The molecule has 0 amide bonds. The maximum atomic E-state index is 13.5. The molecule has 0 unspecified atom stereocenters. The molecule has 222 valence electrons. The summed E-state index contributed by atoms with van der Waals surface area (Å²) in [5.74, 6) is -2.18. The third-order valence-corrected chi connectivity index (χ3v) is 8.13. The smallest absolute Gasteiger partial charge is 0.391 e. The molecule has 1 fully saturated rings. The van der Waals surface area contributed by atoms with Gasteiger partial charge in [-0.25, -0.2) is 23.1 Å². The highest BCUT2D eigenvalue weighted by atomic mass is 35.5. The predicted octanol–water partition coefficient (Wildman–Crippen LogP) is 4.00. The minimum atomic E-state index is -4.48. The highest BCUT2D eigenvalue weighted by Crippen LogP contribution is 2.44. The van der Waals surface area contributed by atoms with Crippen molar-refractivity contribution in [3.63, 3.8) is 0 Å². The molecule has 0 bridgehead atoms. The first-order chi connectivity index (χ1) is 19.4. The van der Waals surface area contributed by atoms with Crippen molar-refractivity contribution in [2.45, 2.75) is 43.9 Å². The van der Waals surface area contributed by atoms with E-state index in [4.69, 9.17) is 25.8 Å². The summed E-state index contributed by atoms with van der Waals surface area (Å²) in [5, 5.41) is 8.42. The molecule has 1 aliphatic rings. The minimum Gasteiger partial charge on any atom is -0.479 e. The van der Waals surface area contributed by atoms with Gasteiger partial charge in [-0.2, -0.15) is 23.1 Å². The van der Waals surface area contributed by atoms with E-state index in [-0.39, 0.29) is 65.8 Å². The van der Waals surface area contributed by atoms with Gasteiger partial charge in [-0.05, 0) is 25.7 Å². The number of halogens is 4. The summed E-state index contributed by atoms with van der Waals surface area (Å²) in [4.78, 5) is 15.7. The maximum Gasteiger partial charge on any atom is 0.391 e. The first-order valence-electron chi connectivity index (χ1n) is 12.1. The Balaban J connectivity index is 1.76. The topological polar surface area (TPSA) is 156 Å². The third-order valence-electron chi connectivity index (χ3n) is 6.58. The van der Waals surface area contributed by atoms with Gasteiger partial charge >= 0.3 is 6.18 Å². The molecule has 3 heterocycles. The molecule has 41 heavy (non-hydrogen) atoms. The van der Waals surface area contributed by atoms with E-state index in [1.54, 1.807) is 0 Å². The number of alkyl halides is 3. The van der Waals surface area contributed by atoms with Crippen molar-refractivity contribution < 1.29 is 35.8 Å². The van der Waals surface area contributed by atoms with Crippen molar-refractivity contribution in [2.75, 3.05) is 26.1 Å². The molecule has 13 nitrogen and oxygen atoms in total. The predicted molar refractivity (Wildman–Crippen MR) is 139 cm³/mol. The summed E-state index contributed by atoms with van der Waals surface area (Å²) in [5.41, 5.74) is 0.0445. The average Bonchev–Trinajstić information content (AvgIpc) is 3.35. The summed E-state index contributed by atoms with van der Waals surface area (Å²) in [6.45, 7) is 3.66. The molecule has 1 N–H and O–H groups in total. The number of hydrogen-bond donors (Lipinski definition) is 1. The first kappa shape index (κ1) is 30.4. The van der Waals surface area contributed by atoms with Crippen LogP contribution in [-0.4, -0.2) is 70.6 Å². The lowest BCUT2D eigenvalue weighted by Gasteiger charge is -2.29. The standard InChI is InChI=1S/C23H26ClF3N8O5S/c1-12(17(38-2)18-28-9-15(24)10-29-18)41(36,37)34-22-33-32-19(13-5-7-14(8-6-13)23(25,26)27)35(22)16-20(39-3)30-11-31-21(16)40-4/h9-11,13-14,17H,1,5-8H2,2-4H3,(H,33,34)/t13?,14?,17-/m0/s1. The Morgan fingerprint density at radius 2 is 1.63 bits per heavy atom. The second-order valence-electron chi connectivity index (χ2n) is 9.00. The number of anilines is 1. The number of sulfonamides is 1. The number of hydrogen-bond acceptors (Lipinski definition) is 11. The van der Waals surface area contributed by atoms with Crippen molar-refractivity contribution in [3.8, 4) is 17.4 Å². The minimum absolute atomic E-state index is 0.0179. The summed E-state index contributed by atoms with van der Waals surface area (Å²) in [7, 11) is -0.578. The van der Waals surface area contributed by atoms with Gasteiger partial charge in [-0.15, -0.1) is 10.2 Å². The molecule has 0 radical (unpaired) electrons. The number of nitrogens with one attached hydrogen (secondary N) is 1. The largest absolute Gasteiger partial charge is 0.479 e. The van der Waals surface area contributed by atoms with Gasteiger partial charge in [0.1, 0.15) is 12.2 Å². The normalized spacial score (nSPS) is 18.5. The van der Waals surface area contributed by atoms with E-state index in [0.29, 0.717) is 0 Å². The Labute approximate surface area is 238 Å². The van der Waals surface area contributed by atoms with Gasteiger partial charge in [0.15, 0.2) is 17.6 Å². The van der Waals surface area contributed by atoms with Crippen LogP contribution >= 0.6 is 11.6 Å². The van der Waals surface area contributed by atoms with Gasteiger partial charge in [0.25, 0.3) is 10.0 Å². The Bertz CT molecular complexity index is 1470. The molecule has 1 aliphatic carbocycles. The van der Waals surface area contributed by atoms with E-state index in [1.165, 1.54) is 44.6 Å². The molecule has 0 aliphatic heterocycles. The zero-order chi connectivity index (χ0) is 29.9. The highest BCUT2D eigenvalue weighted by molar-refractivity contribution is 7.96. The highest BCUT2D eigenvalue weighted by Gasteiger charge is 2.43. The van der Waals surface area contributed by atoms with E-state index in [2.05, 4.69) is 41.4 Å². The molecule has 3 aromatic heterocycles. The molecular weight excluding hydrogens is 593 g/mol. The van der Waals surface area contributed by atoms with Gasteiger partial charge in [0, 0.05) is 25.4 Å². The fourth-order valence-corrected chi connectivity index (χ4v) is 5.61. The van der Waals surface area contributed by atoms with Crippen LogP contribution in [0.4, 0.5) is 19.1 Å². The van der Waals surface area contributed by atoms with Crippen LogP contribution < -0.4 is 14.2 Å². The molecule has 18 heteroatoms. The quantitative estimate of drug-likeness (QED) is 0.350. The van der Waals surface area contributed by atoms with Crippen molar-refractivity contribution in [3.05, 3.63) is 46.9 Å². The summed E-state index contributed by atoms with van der Waals surface area (Å²) >= 11 is 5.83. The lowest BCUT2D eigenvalue weighted by Crippen LogP contribution is -2.28. The monoisotopic (exact) mass is 618 g/mol. The van der Waals surface area contributed by atoms with Crippen LogP contribution in [0.5, 0.6) is 11.8 Å². The molecule has 3 aromatic rings. The van der Waals surface area contributed by atoms with Crippen LogP contribution in [0.3, 0.4) is 0 Å². The Morgan fingerprint density at radius 1 is 1.05 bits per heavy atom. The maximum absolute atomic E-state index is 13.5. The van der Waals surface area contributed by atoms with Crippen LogP contribution in [0.1, 0.15) is 49.4 Å². The van der Waals surface area contributed by atoms with Crippen molar-refractivity contribution in [1.29, 1.82) is 0 Å². The lowest BCUT2D eigenvalue weighted by atomic mass is 9.81. The third kappa shape index (κ3) is 6.36. The summed E-state index contributed by atoms with van der Waals surface area (Å²) < 4.78 is 86.6. The zero-order valence-electron chi connectivity index (χ0n) is 22.1. The Hall–Kier alpha value is -3.57. The van der Waals surface area contributed by atoms with Crippen molar-refractivity contribution in [1.82, 2.24) is 34.7 Å². The molecule has 1 atom stereocenters. The van der Waals surface area contributed by atoms with Crippen LogP contribution in [-0.2, 0) is 14.8 Å². The molecule has 0 saturated heterocycles. The summed E-state index contributed by atoms with van der Waals surface area (Å²) in [6, 6.07) is 0. The van der Waals surface area contributed by atoms with Gasteiger partial charge < -0.3 is 14.2 Å². The molecular formula is C23H26ClF3N8O5S. The molecule has 0 spiro atoms. The van der Waals surface area contributed by atoms with Crippen LogP contribution in [0.15, 0.2) is 30.2 Å². The van der Waals surface area contributed by atoms with Gasteiger partial charge in [0.2, 0.25) is 17.7 Å². The Kier molecular flexibility index (Phi) is 8.98. The van der Waals surface area contributed by atoms with E-state index < -0.39 is 39.0 Å². The van der Waals surface area contributed by atoms with E-state index >= 15 is 0 Å². The van der Waals surface area contributed by atoms with Gasteiger partial charge in [-0.1, -0.05) is 18.2 Å². The Morgan fingerprint density at radius 3 is 2.15 bits per heavy atom. The van der Waals surface area contributed by atoms with Gasteiger partial charge in [-0.3, -0.25) is 4.57 Å². The molecule has 4 rings (SSSR count). The lowest BCUT2D eigenvalue weighted by molar-refractivity contribution is -0.182. The zero-order valence-corrected chi connectivity index (χ0v) is 23.7. The van der Waals surface area contributed by atoms with Gasteiger partial charge in [0.05, 0.1) is 30.1 Å². The number of rotatable bonds is 10. The fourth-order valence-electron chi connectivity index (χ4n) is 4.53. The number of nitrogens with zero attached hydrogens (tertiary/aromatic N) is 7. The molecule has 0 aromatic carbocycles. The first-order valence-corrected chi connectivity index (χ1v) is 13.9. The summed E-state index contributed by atoms with van der Waals surface area (Å²) in [6.07, 6.45) is -1.90. The van der Waals surface area contributed by atoms with Crippen LogP contribution in [0.25, 0.3) is 5.69 Å². The molecule has 1 saturated carbocycles. The van der Waals surface area contributed by atoms with E-state index in [1.807, 2.05) is 0 Å². The van der Waals surface area contributed by atoms with Crippen LogP contribution in [0.2, 0.25) is 5.02 Å². The average molecular weight is 619 g/mol. The van der Waals surface area contributed by atoms with Crippen molar-refractivity contribution >= 4 is 27.6 Å². The number of aromatic nitrogens is 7. The second kappa shape index (κ2) is 12.1. The van der Waals surface area contributed by atoms with Crippen molar-refractivity contribution in [2.24, 2.45) is 5.92 Å². The van der Waals surface area contributed by atoms with E-state index in [0.717, 1.165) is 0 Å². The fraction of sp³-hybridized carbons (Fsp3) is 0.478.